The zero-order valence-corrected chi connectivity index (χ0v) is 12.3. The van der Waals surface area contributed by atoms with Gasteiger partial charge in [-0.1, -0.05) is 0 Å². The molecule has 0 aliphatic carbocycles. The molecule has 116 valence electrons. The van der Waals surface area contributed by atoms with Crippen molar-refractivity contribution >= 4 is 5.91 Å². The smallest absolute Gasteiger partial charge is 0.240 e. The molecule has 1 amide bonds. The molecule has 0 spiro atoms. The Morgan fingerprint density at radius 2 is 2.41 bits per heavy atom. The molecule has 0 aromatic carbocycles. The van der Waals surface area contributed by atoms with E-state index in [9.17, 15) is 4.79 Å². The average Bonchev–Trinajstić information content (AvgIpc) is 3.07. The highest BCUT2D eigenvalue weighted by Gasteiger charge is 2.18. The van der Waals surface area contributed by atoms with Crippen LogP contribution in [0.3, 0.4) is 0 Å². The van der Waals surface area contributed by atoms with Crippen LogP contribution in [0.5, 0.6) is 0 Å². The van der Waals surface area contributed by atoms with E-state index >= 15 is 0 Å². The summed E-state index contributed by atoms with van der Waals surface area (Å²) in [5, 5.41) is 2.86. The molecule has 1 saturated heterocycles. The number of hydrogen-bond donors (Lipinski definition) is 1. The summed E-state index contributed by atoms with van der Waals surface area (Å²) >= 11 is 0. The highest BCUT2D eigenvalue weighted by atomic mass is 16.5. The van der Waals surface area contributed by atoms with E-state index in [2.05, 4.69) is 20.3 Å². The summed E-state index contributed by atoms with van der Waals surface area (Å²) in [6.45, 7) is 2.15. The van der Waals surface area contributed by atoms with Crippen LogP contribution < -0.4 is 5.32 Å². The van der Waals surface area contributed by atoms with Gasteiger partial charge in [0.2, 0.25) is 5.91 Å². The number of ether oxygens (including phenoxy) is 1. The minimum Gasteiger partial charge on any atom is -0.381 e. The predicted molar refractivity (Wildman–Crippen MR) is 78.9 cm³/mol. The van der Waals surface area contributed by atoms with Crippen molar-refractivity contribution in [2.75, 3.05) is 13.2 Å². The molecule has 1 aliphatic rings. The third kappa shape index (κ3) is 3.88. The van der Waals surface area contributed by atoms with Gasteiger partial charge in [0.25, 0.3) is 0 Å². The van der Waals surface area contributed by atoms with Crippen molar-refractivity contribution in [1.29, 1.82) is 0 Å². The summed E-state index contributed by atoms with van der Waals surface area (Å²) in [7, 11) is 0. The summed E-state index contributed by atoms with van der Waals surface area (Å²) in [6.07, 6.45) is 8.86. The van der Waals surface area contributed by atoms with E-state index in [4.69, 9.17) is 4.74 Å². The summed E-state index contributed by atoms with van der Waals surface area (Å²) in [5.41, 5.74) is 0.814. The zero-order chi connectivity index (χ0) is 15.2. The Labute approximate surface area is 128 Å². The second-order valence-corrected chi connectivity index (χ2v) is 5.33. The second-order valence-electron chi connectivity index (χ2n) is 5.33. The predicted octanol–water partition coefficient (Wildman–Crippen LogP) is 0.883. The number of carbonyl (C=O) groups excluding carboxylic acids is 1. The molecule has 7 heteroatoms. The van der Waals surface area contributed by atoms with Gasteiger partial charge in [0.15, 0.2) is 0 Å². The molecule has 1 N–H and O–H groups in total. The van der Waals surface area contributed by atoms with Crippen LogP contribution in [-0.2, 0) is 22.6 Å². The van der Waals surface area contributed by atoms with E-state index in [0.29, 0.717) is 13.2 Å². The van der Waals surface area contributed by atoms with E-state index in [1.165, 1.54) is 0 Å². The van der Waals surface area contributed by atoms with Gasteiger partial charge in [0.05, 0.1) is 25.2 Å². The summed E-state index contributed by atoms with van der Waals surface area (Å²) in [5.74, 6) is 0.996. The molecule has 1 atom stereocenters. The van der Waals surface area contributed by atoms with Gasteiger partial charge in [-0.3, -0.25) is 4.79 Å². The molecular weight excluding hydrogens is 282 g/mol. The Hall–Kier alpha value is -2.28. The Bertz CT molecular complexity index is 608. The van der Waals surface area contributed by atoms with Gasteiger partial charge in [0, 0.05) is 31.1 Å². The minimum absolute atomic E-state index is 0.0702. The number of amides is 1. The fourth-order valence-electron chi connectivity index (χ4n) is 2.44. The Morgan fingerprint density at radius 3 is 3.18 bits per heavy atom. The SMILES string of the molecule is O=C(Cn1ccnc1)NCc1ccnc(C2CCCOC2)n1. The van der Waals surface area contributed by atoms with Gasteiger partial charge >= 0.3 is 0 Å². The standard InChI is InChI=1S/C15H19N5O2/c21-14(9-20-6-5-16-11-20)18-8-13-3-4-17-15(19-13)12-2-1-7-22-10-12/h3-6,11-12H,1-2,7-10H2,(H,18,21). The van der Waals surface area contributed by atoms with Crippen molar-refractivity contribution < 1.29 is 9.53 Å². The Morgan fingerprint density at radius 1 is 1.45 bits per heavy atom. The van der Waals surface area contributed by atoms with Gasteiger partial charge in [-0.2, -0.15) is 0 Å². The number of hydrogen-bond acceptors (Lipinski definition) is 5. The molecule has 0 saturated carbocycles. The van der Waals surface area contributed by atoms with Crippen LogP contribution in [0.25, 0.3) is 0 Å². The third-order valence-corrected chi connectivity index (χ3v) is 3.61. The topological polar surface area (TPSA) is 81.9 Å². The number of nitrogens with zero attached hydrogens (tertiary/aromatic N) is 4. The molecule has 2 aromatic heterocycles. The second kappa shape index (κ2) is 7.13. The van der Waals surface area contributed by atoms with Crippen LogP contribution >= 0.6 is 0 Å². The van der Waals surface area contributed by atoms with Gasteiger partial charge in [0.1, 0.15) is 12.4 Å². The lowest BCUT2D eigenvalue weighted by atomic mass is 10.0. The Balaban J connectivity index is 1.54. The fraction of sp³-hybridized carbons (Fsp3) is 0.467. The van der Waals surface area contributed by atoms with Crippen molar-refractivity contribution in [1.82, 2.24) is 24.8 Å². The van der Waals surface area contributed by atoms with E-state index in [-0.39, 0.29) is 18.4 Å². The zero-order valence-electron chi connectivity index (χ0n) is 12.3. The van der Waals surface area contributed by atoms with Crippen LogP contribution in [0, 0.1) is 0 Å². The van der Waals surface area contributed by atoms with Crippen molar-refractivity contribution in [2.45, 2.75) is 31.8 Å². The van der Waals surface area contributed by atoms with E-state index in [0.717, 1.165) is 31.0 Å². The largest absolute Gasteiger partial charge is 0.381 e. The number of imidazole rings is 1. The first-order valence-corrected chi connectivity index (χ1v) is 7.43. The summed E-state index contributed by atoms with van der Waals surface area (Å²) in [4.78, 5) is 24.6. The monoisotopic (exact) mass is 301 g/mol. The molecule has 7 nitrogen and oxygen atoms in total. The van der Waals surface area contributed by atoms with E-state index < -0.39 is 0 Å². The normalized spacial score (nSPS) is 18.1. The molecule has 1 unspecified atom stereocenters. The first-order valence-electron chi connectivity index (χ1n) is 7.43. The lowest BCUT2D eigenvalue weighted by Crippen LogP contribution is -2.27. The highest BCUT2D eigenvalue weighted by Crippen LogP contribution is 2.22. The van der Waals surface area contributed by atoms with Crippen LogP contribution in [0.15, 0.2) is 31.0 Å². The molecule has 3 rings (SSSR count). The van der Waals surface area contributed by atoms with Crippen LogP contribution in [0.4, 0.5) is 0 Å². The maximum atomic E-state index is 11.8. The third-order valence-electron chi connectivity index (χ3n) is 3.61. The summed E-state index contributed by atoms with van der Waals surface area (Å²) < 4.78 is 7.20. The van der Waals surface area contributed by atoms with Gasteiger partial charge < -0.3 is 14.6 Å². The molecular formula is C15H19N5O2. The van der Waals surface area contributed by atoms with Gasteiger partial charge in [-0.25, -0.2) is 15.0 Å². The molecule has 1 aliphatic heterocycles. The summed E-state index contributed by atoms with van der Waals surface area (Å²) in [6, 6.07) is 1.82. The van der Waals surface area contributed by atoms with E-state index in [1.807, 2.05) is 6.07 Å². The fourth-order valence-corrected chi connectivity index (χ4v) is 2.44. The minimum atomic E-state index is -0.0702. The first-order chi connectivity index (χ1) is 10.8. The van der Waals surface area contributed by atoms with Gasteiger partial charge in [-0.15, -0.1) is 0 Å². The number of aromatic nitrogens is 4. The van der Waals surface area contributed by atoms with Crippen LogP contribution in [-0.4, -0.2) is 38.6 Å². The van der Waals surface area contributed by atoms with Crippen molar-refractivity contribution in [3.8, 4) is 0 Å². The van der Waals surface area contributed by atoms with Crippen LogP contribution in [0.1, 0.15) is 30.3 Å². The molecule has 1 fully saturated rings. The maximum absolute atomic E-state index is 11.8. The first kappa shape index (κ1) is 14.6. The molecule has 0 bridgehead atoms. The number of carbonyl (C=O) groups is 1. The quantitative estimate of drug-likeness (QED) is 0.886. The molecule has 0 radical (unpaired) electrons. The molecule has 22 heavy (non-hydrogen) atoms. The van der Waals surface area contributed by atoms with E-state index in [1.54, 1.807) is 29.5 Å². The highest BCUT2D eigenvalue weighted by molar-refractivity contribution is 5.75. The van der Waals surface area contributed by atoms with Crippen molar-refractivity contribution in [2.24, 2.45) is 0 Å². The maximum Gasteiger partial charge on any atom is 0.240 e. The van der Waals surface area contributed by atoms with Crippen molar-refractivity contribution in [3.05, 3.63) is 42.5 Å². The molecule has 3 heterocycles. The lowest BCUT2D eigenvalue weighted by Gasteiger charge is -2.20. The molecule has 2 aromatic rings. The van der Waals surface area contributed by atoms with Crippen molar-refractivity contribution in [3.63, 3.8) is 0 Å². The number of nitrogens with one attached hydrogen (secondary N) is 1. The average molecular weight is 301 g/mol. The van der Waals surface area contributed by atoms with Crippen LogP contribution in [0.2, 0.25) is 0 Å². The lowest BCUT2D eigenvalue weighted by molar-refractivity contribution is -0.121. The number of rotatable bonds is 5. The van der Waals surface area contributed by atoms with Gasteiger partial charge in [-0.05, 0) is 18.9 Å². The Kier molecular flexibility index (Phi) is 4.75.